The summed E-state index contributed by atoms with van der Waals surface area (Å²) in [6.07, 6.45) is 1.01. The van der Waals surface area contributed by atoms with Gasteiger partial charge in [0, 0.05) is 23.5 Å². The zero-order chi connectivity index (χ0) is 20.4. The molecule has 0 atom stereocenters. The van der Waals surface area contributed by atoms with E-state index in [-0.39, 0.29) is 18.4 Å². The molecule has 0 spiro atoms. The molecule has 2 aromatic rings. The lowest BCUT2D eigenvalue weighted by Crippen LogP contribution is -2.23. The van der Waals surface area contributed by atoms with Crippen LogP contribution in [0, 0.1) is 5.92 Å². The van der Waals surface area contributed by atoms with Crippen molar-refractivity contribution in [1.29, 1.82) is 0 Å². The molecule has 0 aliphatic rings. The van der Waals surface area contributed by atoms with Crippen LogP contribution in [0.1, 0.15) is 37.6 Å². The van der Waals surface area contributed by atoms with E-state index in [1.807, 2.05) is 37.3 Å². The fraction of sp³-hybridized carbons (Fsp3) is 0.364. The van der Waals surface area contributed by atoms with Gasteiger partial charge in [-0.2, -0.15) is 0 Å². The lowest BCUT2D eigenvalue weighted by molar-refractivity contribution is -0.114. The normalized spacial score (nSPS) is 10.4. The van der Waals surface area contributed by atoms with E-state index in [0.717, 1.165) is 12.2 Å². The molecule has 0 aliphatic heterocycles. The molecule has 2 rings (SSSR count). The van der Waals surface area contributed by atoms with Crippen LogP contribution in [0.4, 0.5) is 11.4 Å². The van der Waals surface area contributed by atoms with Crippen LogP contribution < -0.4 is 20.7 Å². The number of anilines is 2. The number of nitrogens with one attached hydrogen (secondary N) is 3. The lowest BCUT2D eigenvalue weighted by Gasteiger charge is -2.11. The molecule has 3 N–H and O–H groups in total. The van der Waals surface area contributed by atoms with Gasteiger partial charge in [0.1, 0.15) is 5.75 Å². The molecule has 0 heterocycles. The van der Waals surface area contributed by atoms with Crippen molar-refractivity contribution in [3.05, 3.63) is 54.1 Å². The van der Waals surface area contributed by atoms with Gasteiger partial charge in [0.05, 0.1) is 13.2 Å². The van der Waals surface area contributed by atoms with Gasteiger partial charge >= 0.3 is 0 Å². The highest BCUT2D eigenvalue weighted by atomic mass is 16.5. The summed E-state index contributed by atoms with van der Waals surface area (Å²) in [5, 5.41) is 8.62. The first-order chi connectivity index (χ1) is 13.5. The first-order valence-corrected chi connectivity index (χ1v) is 9.62. The predicted molar refractivity (Wildman–Crippen MR) is 113 cm³/mol. The van der Waals surface area contributed by atoms with E-state index in [1.165, 1.54) is 0 Å². The molecule has 6 heteroatoms. The second-order valence-corrected chi connectivity index (χ2v) is 6.90. The number of ether oxygens (including phenoxy) is 1. The standard InChI is InChI=1S/C22H29N3O3/c1-4-23-22(27)17-6-5-7-19(14-17)24-15-21(26)25-18-8-10-20(11-9-18)28-13-12-16(2)3/h5-11,14,16,24H,4,12-13,15H2,1-3H3,(H,23,27)(H,25,26). The Kier molecular flexibility index (Phi) is 8.34. The fourth-order valence-corrected chi connectivity index (χ4v) is 2.47. The Labute approximate surface area is 166 Å². The Morgan fingerprint density at radius 2 is 1.79 bits per heavy atom. The molecule has 0 fully saturated rings. The van der Waals surface area contributed by atoms with Gasteiger partial charge in [-0.1, -0.05) is 19.9 Å². The van der Waals surface area contributed by atoms with Gasteiger partial charge in [-0.3, -0.25) is 9.59 Å². The molecule has 0 bridgehead atoms. The van der Waals surface area contributed by atoms with Crippen molar-refractivity contribution < 1.29 is 14.3 Å². The Morgan fingerprint density at radius 1 is 1.04 bits per heavy atom. The number of benzene rings is 2. The average molecular weight is 383 g/mol. The largest absolute Gasteiger partial charge is 0.494 e. The van der Waals surface area contributed by atoms with Gasteiger partial charge in [-0.15, -0.1) is 0 Å². The number of carbonyl (C=O) groups excluding carboxylic acids is 2. The Morgan fingerprint density at radius 3 is 2.46 bits per heavy atom. The fourth-order valence-electron chi connectivity index (χ4n) is 2.47. The van der Waals surface area contributed by atoms with Crippen LogP contribution in [0.5, 0.6) is 5.75 Å². The van der Waals surface area contributed by atoms with E-state index in [0.29, 0.717) is 36.0 Å². The quantitative estimate of drug-likeness (QED) is 0.581. The minimum atomic E-state index is -0.170. The number of rotatable bonds is 10. The molecule has 0 aromatic heterocycles. The van der Waals surface area contributed by atoms with Gasteiger partial charge in [-0.05, 0) is 61.7 Å². The highest BCUT2D eigenvalue weighted by Crippen LogP contribution is 2.16. The number of hydrogen-bond acceptors (Lipinski definition) is 4. The molecule has 2 amide bonds. The van der Waals surface area contributed by atoms with E-state index < -0.39 is 0 Å². The first-order valence-electron chi connectivity index (χ1n) is 9.62. The summed E-state index contributed by atoms with van der Waals surface area (Å²) in [5.74, 6) is 1.09. The molecule has 0 saturated carbocycles. The maximum Gasteiger partial charge on any atom is 0.251 e. The van der Waals surface area contributed by atoms with Crippen molar-refractivity contribution in [1.82, 2.24) is 5.32 Å². The van der Waals surface area contributed by atoms with Crippen LogP contribution >= 0.6 is 0 Å². The van der Waals surface area contributed by atoms with Gasteiger partial charge in [0.25, 0.3) is 5.91 Å². The summed E-state index contributed by atoms with van der Waals surface area (Å²) in [5.41, 5.74) is 1.98. The summed E-state index contributed by atoms with van der Waals surface area (Å²) in [6, 6.07) is 14.4. The summed E-state index contributed by atoms with van der Waals surface area (Å²) >= 11 is 0. The van der Waals surface area contributed by atoms with Crippen molar-refractivity contribution in [2.75, 3.05) is 30.3 Å². The second-order valence-electron chi connectivity index (χ2n) is 6.90. The molecule has 150 valence electrons. The van der Waals surface area contributed by atoms with Gasteiger partial charge < -0.3 is 20.7 Å². The number of amides is 2. The van der Waals surface area contributed by atoms with Crippen LogP contribution in [-0.2, 0) is 4.79 Å². The van der Waals surface area contributed by atoms with E-state index in [2.05, 4.69) is 29.8 Å². The van der Waals surface area contributed by atoms with E-state index in [4.69, 9.17) is 4.74 Å². The van der Waals surface area contributed by atoms with E-state index in [1.54, 1.807) is 18.2 Å². The third kappa shape index (κ3) is 7.31. The third-order valence-corrected chi connectivity index (χ3v) is 4.02. The Hall–Kier alpha value is -3.02. The maximum atomic E-state index is 12.2. The molecule has 0 aliphatic carbocycles. The zero-order valence-corrected chi connectivity index (χ0v) is 16.7. The molecular weight excluding hydrogens is 354 g/mol. The van der Waals surface area contributed by atoms with Crippen LogP contribution in [0.2, 0.25) is 0 Å². The smallest absolute Gasteiger partial charge is 0.251 e. The van der Waals surface area contributed by atoms with E-state index >= 15 is 0 Å². The molecule has 0 radical (unpaired) electrons. The van der Waals surface area contributed by atoms with Crippen molar-refractivity contribution in [2.45, 2.75) is 27.2 Å². The molecule has 0 unspecified atom stereocenters. The SMILES string of the molecule is CCNC(=O)c1cccc(NCC(=O)Nc2ccc(OCCC(C)C)cc2)c1. The van der Waals surface area contributed by atoms with Crippen LogP contribution in [0.25, 0.3) is 0 Å². The molecular formula is C22H29N3O3. The summed E-state index contributed by atoms with van der Waals surface area (Å²) in [6.45, 7) is 7.54. The Bertz CT molecular complexity index is 773. The average Bonchev–Trinajstić information content (AvgIpc) is 2.68. The van der Waals surface area contributed by atoms with Gasteiger partial charge in [0.15, 0.2) is 0 Å². The minimum Gasteiger partial charge on any atom is -0.494 e. The van der Waals surface area contributed by atoms with Crippen molar-refractivity contribution >= 4 is 23.2 Å². The first kappa shape index (κ1) is 21.3. The topological polar surface area (TPSA) is 79.5 Å². The van der Waals surface area contributed by atoms with E-state index in [9.17, 15) is 9.59 Å². The highest BCUT2D eigenvalue weighted by Gasteiger charge is 2.07. The monoisotopic (exact) mass is 383 g/mol. The van der Waals surface area contributed by atoms with Gasteiger partial charge in [-0.25, -0.2) is 0 Å². The molecule has 6 nitrogen and oxygen atoms in total. The highest BCUT2D eigenvalue weighted by molar-refractivity contribution is 5.96. The summed E-state index contributed by atoms with van der Waals surface area (Å²) < 4.78 is 5.67. The molecule has 0 saturated heterocycles. The summed E-state index contributed by atoms with van der Waals surface area (Å²) in [7, 11) is 0. The molecule has 2 aromatic carbocycles. The van der Waals surface area contributed by atoms with Gasteiger partial charge in [0.2, 0.25) is 5.91 Å². The van der Waals surface area contributed by atoms with Crippen LogP contribution in [0.3, 0.4) is 0 Å². The number of carbonyl (C=O) groups is 2. The maximum absolute atomic E-state index is 12.2. The van der Waals surface area contributed by atoms with Crippen LogP contribution in [-0.4, -0.2) is 31.5 Å². The molecule has 28 heavy (non-hydrogen) atoms. The summed E-state index contributed by atoms with van der Waals surface area (Å²) in [4.78, 5) is 24.0. The zero-order valence-electron chi connectivity index (χ0n) is 16.7. The van der Waals surface area contributed by atoms with Crippen LogP contribution in [0.15, 0.2) is 48.5 Å². The van der Waals surface area contributed by atoms with Crippen molar-refractivity contribution in [3.8, 4) is 5.75 Å². The second kappa shape index (κ2) is 11.0. The van der Waals surface area contributed by atoms with Crippen molar-refractivity contribution in [2.24, 2.45) is 5.92 Å². The third-order valence-electron chi connectivity index (χ3n) is 4.02. The minimum absolute atomic E-state index is 0.103. The Balaban J connectivity index is 1.81. The lowest BCUT2D eigenvalue weighted by atomic mass is 10.1. The predicted octanol–water partition coefficient (Wildman–Crippen LogP) is 3.91. The number of hydrogen-bond donors (Lipinski definition) is 3. The van der Waals surface area contributed by atoms with Crippen molar-refractivity contribution in [3.63, 3.8) is 0 Å².